The molecule has 26 heavy (non-hydrogen) atoms. The summed E-state index contributed by atoms with van der Waals surface area (Å²) in [6, 6.07) is 0. The lowest BCUT2D eigenvalue weighted by molar-refractivity contribution is -0.347. The van der Waals surface area contributed by atoms with Gasteiger partial charge in [-0.1, -0.05) is 0 Å². The Labute approximate surface area is 145 Å². The van der Waals surface area contributed by atoms with Crippen LogP contribution in [0.15, 0.2) is 0 Å². The normalized spacial score (nSPS) is 46.7. The quantitative estimate of drug-likeness (QED) is 0.238. The van der Waals surface area contributed by atoms with Crippen LogP contribution in [0.5, 0.6) is 0 Å². The molecule has 2 heterocycles. The first-order valence-corrected chi connectivity index (χ1v) is 7.45. The fourth-order valence-electron chi connectivity index (χ4n) is 2.77. The van der Waals surface area contributed by atoms with Gasteiger partial charge in [0.15, 0.2) is 24.8 Å². The summed E-state index contributed by atoms with van der Waals surface area (Å²) >= 11 is 0. The van der Waals surface area contributed by atoms with Gasteiger partial charge >= 0.3 is 11.9 Å². The van der Waals surface area contributed by atoms with E-state index in [0.717, 1.165) is 7.11 Å². The van der Waals surface area contributed by atoms with Crippen LogP contribution in [-0.4, -0.2) is 116 Å². The van der Waals surface area contributed by atoms with E-state index < -0.39 is 73.4 Å². The summed E-state index contributed by atoms with van der Waals surface area (Å²) in [7, 11) is 1.08. The van der Waals surface area contributed by atoms with Crippen molar-refractivity contribution >= 4 is 11.9 Å². The smallest absolute Gasteiger partial charge is 0.335 e. The highest BCUT2D eigenvalue weighted by atomic mass is 16.7. The molecule has 150 valence electrons. The molecular weight excluding hydrogens is 364 g/mol. The van der Waals surface area contributed by atoms with Gasteiger partial charge in [0, 0.05) is 7.11 Å². The highest BCUT2D eigenvalue weighted by Crippen LogP contribution is 2.29. The van der Waals surface area contributed by atoms with E-state index in [0.29, 0.717) is 0 Å². The molecule has 2 fully saturated rings. The number of ether oxygens (including phenoxy) is 4. The van der Waals surface area contributed by atoms with Crippen LogP contribution in [0.25, 0.3) is 0 Å². The van der Waals surface area contributed by atoms with Crippen molar-refractivity contribution in [1.29, 1.82) is 0 Å². The van der Waals surface area contributed by atoms with Crippen molar-refractivity contribution in [3.63, 3.8) is 0 Å². The van der Waals surface area contributed by atoms with Crippen molar-refractivity contribution in [3.8, 4) is 0 Å². The second-order valence-corrected chi connectivity index (χ2v) is 5.81. The first-order valence-electron chi connectivity index (χ1n) is 7.45. The summed E-state index contributed by atoms with van der Waals surface area (Å²) in [5.74, 6) is -3.22. The lowest BCUT2D eigenvalue weighted by atomic mass is 9.96. The van der Waals surface area contributed by atoms with E-state index in [1.54, 1.807) is 0 Å². The molecule has 0 aromatic heterocycles. The van der Waals surface area contributed by atoms with Gasteiger partial charge in [-0.05, 0) is 0 Å². The van der Waals surface area contributed by atoms with Gasteiger partial charge in [-0.2, -0.15) is 0 Å². The molecule has 2 aliphatic rings. The number of rotatable bonds is 5. The second-order valence-electron chi connectivity index (χ2n) is 5.81. The molecule has 13 nitrogen and oxygen atoms in total. The van der Waals surface area contributed by atoms with Crippen molar-refractivity contribution in [1.82, 2.24) is 0 Å². The molecule has 0 radical (unpaired) electrons. The van der Waals surface area contributed by atoms with Gasteiger partial charge in [-0.3, -0.25) is 0 Å². The molecular formula is C13H20O13. The molecule has 0 spiro atoms. The van der Waals surface area contributed by atoms with Crippen molar-refractivity contribution in [2.75, 3.05) is 7.11 Å². The third kappa shape index (κ3) is 3.80. The average molecular weight is 384 g/mol. The summed E-state index contributed by atoms with van der Waals surface area (Å²) < 4.78 is 19.6. The number of hydrogen-bond donors (Lipinski definition) is 7. The Balaban J connectivity index is 2.23. The molecule has 13 heteroatoms. The van der Waals surface area contributed by atoms with Gasteiger partial charge in [0.1, 0.15) is 36.6 Å². The zero-order valence-electron chi connectivity index (χ0n) is 13.4. The number of carboxylic acid groups (broad SMARTS) is 2. The molecule has 0 saturated carbocycles. The van der Waals surface area contributed by atoms with E-state index in [4.69, 9.17) is 24.4 Å². The Morgan fingerprint density at radius 3 is 1.77 bits per heavy atom. The first kappa shape index (κ1) is 20.9. The van der Waals surface area contributed by atoms with E-state index in [9.17, 15) is 35.1 Å². The molecule has 2 rings (SSSR count). The molecule has 0 unspecified atom stereocenters. The minimum Gasteiger partial charge on any atom is -0.479 e. The SMILES string of the molecule is CO[C@H]1[C@H](O)[C@@H](O)[C@@H](O[C@@H]2[C@H](O)[C@@H](O)[C@@H](O)O[C@H]2C(=O)O)O[C@H]1C(=O)O. The Kier molecular flexibility index (Phi) is 6.49. The minimum atomic E-state index is -2.02. The van der Waals surface area contributed by atoms with E-state index in [-0.39, 0.29) is 0 Å². The number of methoxy groups -OCH3 is 1. The average Bonchev–Trinajstić information content (AvgIpc) is 2.58. The standard InChI is InChI=1S/C13H20O13/c1-23-6-3(15)5(17)13(26-8(6)10(18)19)25-7-2(14)4(16)12(22)24-9(7)11(20)21/h2-9,12-17,22H,1H3,(H,18,19)(H,20,21)/t2-,3-,4-,5-,6+,7-,8-,9-,12+,13+/m1/s1. The maximum atomic E-state index is 11.3. The highest BCUT2D eigenvalue weighted by molar-refractivity contribution is 5.74. The number of aliphatic hydroxyl groups is 5. The topological polar surface area (TPSA) is 213 Å². The van der Waals surface area contributed by atoms with Gasteiger partial charge in [0.05, 0.1) is 0 Å². The van der Waals surface area contributed by atoms with Crippen LogP contribution >= 0.6 is 0 Å². The Morgan fingerprint density at radius 2 is 1.27 bits per heavy atom. The van der Waals surface area contributed by atoms with Crippen LogP contribution in [0.3, 0.4) is 0 Å². The van der Waals surface area contributed by atoms with Gasteiger partial charge in [0.25, 0.3) is 0 Å². The number of aliphatic carboxylic acids is 2. The number of aliphatic hydroxyl groups excluding tert-OH is 5. The van der Waals surface area contributed by atoms with Gasteiger partial charge in [-0.15, -0.1) is 0 Å². The van der Waals surface area contributed by atoms with Crippen LogP contribution in [0.2, 0.25) is 0 Å². The Morgan fingerprint density at radius 1 is 0.769 bits per heavy atom. The molecule has 0 aromatic carbocycles. The summed E-state index contributed by atoms with van der Waals surface area (Å²) in [4.78, 5) is 22.5. The van der Waals surface area contributed by atoms with E-state index >= 15 is 0 Å². The zero-order valence-corrected chi connectivity index (χ0v) is 13.4. The van der Waals surface area contributed by atoms with Crippen molar-refractivity contribution < 1.29 is 64.3 Å². The van der Waals surface area contributed by atoms with E-state index in [1.807, 2.05) is 0 Å². The predicted molar refractivity (Wildman–Crippen MR) is 74.5 cm³/mol. The van der Waals surface area contributed by atoms with Crippen LogP contribution in [0.1, 0.15) is 0 Å². The number of carbonyl (C=O) groups is 2. The van der Waals surface area contributed by atoms with Crippen molar-refractivity contribution in [3.05, 3.63) is 0 Å². The maximum absolute atomic E-state index is 11.3. The van der Waals surface area contributed by atoms with Crippen LogP contribution in [0, 0.1) is 0 Å². The molecule has 0 amide bonds. The summed E-state index contributed by atoms with van der Waals surface area (Å²) in [6.07, 6.45) is -18.5. The molecule has 10 atom stereocenters. The molecule has 0 aromatic rings. The molecule has 0 bridgehead atoms. The van der Waals surface area contributed by atoms with E-state index in [2.05, 4.69) is 4.74 Å². The second kappa shape index (κ2) is 8.08. The van der Waals surface area contributed by atoms with Gasteiger partial charge in [0.2, 0.25) is 0 Å². The highest BCUT2D eigenvalue weighted by Gasteiger charge is 2.53. The van der Waals surface area contributed by atoms with Gasteiger partial charge in [-0.25, -0.2) is 9.59 Å². The largest absolute Gasteiger partial charge is 0.479 e. The molecule has 7 N–H and O–H groups in total. The van der Waals surface area contributed by atoms with Crippen LogP contribution < -0.4 is 0 Å². The number of carboxylic acids is 2. The Bertz CT molecular complexity index is 526. The third-order valence-corrected chi connectivity index (χ3v) is 4.16. The minimum absolute atomic E-state index is 1.08. The summed E-state index contributed by atoms with van der Waals surface area (Å²) in [6.45, 7) is 0. The monoisotopic (exact) mass is 384 g/mol. The zero-order chi connectivity index (χ0) is 19.8. The van der Waals surface area contributed by atoms with Gasteiger partial charge < -0.3 is 54.7 Å². The molecule has 2 aliphatic heterocycles. The van der Waals surface area contributed by atoms with E-state index in [1.165, 1.54) is 0 Å². The summed E-state index contributed by atoms with van der Waals surface area (Å²) in [5, 5.41) is 67.3. The molecule has 0 aliphatic carbocycles. The fourth-order valence-corrected chi connectivity index (χ4v) is 2.77. The predicted octanol–water partition coefficient (Wildman–Crippen LogP) is -4.56. The molecule has 2 saturated heterocycles. The Hall–Kier alpha value is -1.42. The lowest BCUT2D eigenvalue weighted by Gasteiger charge is -2.44. The van der Waals surface area contributed by atoms with Crippen LogP contribution in [0.4, 0.5) is 0 Å². The maximum Gasteiger partial charge on any atom is 0.335 e. The number of hydrogen-bond acceptors (Lipinski definition) is 11. The third-order valence-electron chi connectivity index (χ3n) is 4.16. The fraction of sp³-hybridized carbons (Fsp3) is 0.846. The van der Waals surface area contributed by atoms with Crippen LogP contribution in [-0.2, 0) is 28.5 Å². The first-order chi connectivity index (χ1) is 12.1. The lowest BCUT2D eigenvalue weighted by Crippen LogP contribution is -2.65. The summed E-state index contributed by atoms with van der Waals surface area (Å²) in [5.41, 5.74) is 0. The van der Waals surface area contributed by atoms with Crippen molar-refractivity contribution in [2.24, 2.45) is 0 Å². The van der Waals surface area contributed by atoms with Crippen molar-refractivity contribution in [2.45, 2.75) is 61.4 Å².